The zero-order valence-electron chi connectivity index (χ0n) is 16.2. The Morgan fingerprint density at radius 2 is 0.970 bits per heavy atom. The summed E-state index contributed by atoms with van der Waals surface area (Å²) in [6, 6.07) is 15.2. The number of nitro groups is 3. The Kier molecular flexibility index (Phi) is 7.27. The molecule has 3 aromatic carbocycles. The second kappa shape index (κ2) is 9.95. The van der Waals surface area contributed by atoms with Crippen LogP contribution in [0, 0.1) is 30.3 Å². The Balaban J connectivity index is 2.17. The summed E-state index contributed by atoms with van der Waals surface area (Å²) in [4.78, 5) is 31.1. The Labute approximate surface area is 195 Å². The maximum Gasteiger partial charge on any atom is 0.289 e. The molecule has 0 aliphatic heterocycles. The van der Waals surface area contributed by atoms with Crippen LogP contribution in [0.5, 0.6) is 0 Å². The van der Waals surface area contributed by atoms with Crippen molar-refractivity contribution < 1.29 is 23.2 Å². The van der Waals surface area contributed by atoms with Crippen molar-refractivity contribution in [3.8, 4) is 0 Å². The van der Waals surface area contributed by atoms with Gasteiger partial charge in [0.05, 0.1) is 14.8 Å². The summed E-state index contributed by atoms with van der Waals surface area (Å²) in [7, 11) is -4.69. The Morgan fingerprint density at radius 3 is 1.39 bits per heavy atom. The molecule has 0 atom stereocenters. The molecular weight excluding hydrogens is 496 g/mol. The van der Waals surface area contributed by atoms with Crippen LogP contribution in [-0.2, 0) is 10.0 Å². The molecular formula is C18H12N4O8S3. The average molecular weight is 509 g/mol. The molecule has 33 heavy (non-hydrogen) atoms. The lowest BCUT2D eigenvalue weighted by molar-refractivity contribution is -0.387. The zero-order chi connectivity index (χ0) is 24.2. The van der Waals surface area contributed by atoms with Gasteiger partial charge in [-0.15, -0.1) is 0 Å². The second-order valence-corrected chi connectivity index (χ2v) is 10.5. The van der Waals surface area contributed by atoms with E-state index in [1.165, 1.54) is 48.5 Å². The van der Waals surface area contributed by atoms with E-state index in [0.29, 0.717) is 27.0 Å². The molecule has 0 saturated carbocycles. The molecule has 0 aliphatic rings. The van der Waals surface area contributed by atoms with Gasteiger partial charge >= 0.3 is 0 Å². The Hall–Kier alpha value is -3.53. The molecule has 3 rings (SSSR count). The van der Waals surface area contributed by atoms with Crippen molar-refractivity contribution in [1.29, 1.82) is 0 Å². The van der Waals surface area contributed by atoms with Crippen molar-refractivity contribution in [3.05, 3.63) is 103 Å². The molecule has 12 nitrogen and oxygen atoms in total. The van der Waals surface area contributed by atoms with Crippen molar-refractivity contribution in [2.24, 2.45) is 0 Å². The largest absolute Gasteiger partial charge is 0.289 e. The highest BCUT2D eigenvalue weighted by Crippen LogP contribution is 2.45. The van der Waals surface area contributed by atoms with Crippen molar-refractivity contribution >= 4 is 51.0 Å². The van der Waals surface area contributed by atoms with Crippen molar-refractivity contribution in [2.75, 3.05) is 0 Å². The SMILES string of the molecule is O=[N+]([O-])c1ccccc1SN(Sc1ccccc1[N+](=O)[O-])S(=O)(=O)c1ccccc1[N+](=O)[O-]. The lowest BCUT2D eigenvalue weighted by Gasteiger charge is -2.19. The minimum Gasteiger partial charge on any atom is -0.258 e. The van der Waals surface area contributed by atoms with Gasteiger partial charge in [-0.25, -0.2) is 8.42 Å². The minimum absolute atomic E-state index is 0.0873. The number of benzene rings is 3. The molecule has 0 saturated heterocycles. The van der Waals surface area contributed by atoms with E-state index in [1.54, 1.807) is 0 Å². The molecule has 170 valence electrons. The molecule has 0 bridgehead atoms. The first-order valence-corrected chi connectivity index (χ1v) is 11.7. The van der Waals surface area contributed by atoms with Crippen LogP contribution in [0.2, 0.25) is 0 Å². The van der Waals surface area contributed by atoms with Gasteiger partial charge < -0.3 is 0 Å². The number of para-hydroxylation sites is 3. The van der Waals surface area contributed by atoms with Crippen LogP contribution in [0.1, 0.15) is 0 Å². The van der Waals surface area contributed by atoms with E-state index >= 15 is 0 Å². The van der Waals surface area contributed by atoms with Crippen LogP contribution in [0.4, 0.5) is 17.1 Å². The summed E-state index contributed by atoms with van der Waals surface area (Å²) in [5.41, 5.74) is -1.53. The van der Waals surface area contributed by atoms with Gasteiger partial charge in [0.15, 0.2) is 4.90 Å². The summed E-state index contributed by atoms with van der Waals surface area (Å²) < 4.78 is 27.5. The molecule has 3 aromatic rings. The van der Waals surface area contributed by atoms with Crippen LogP contribution >= 0.6 is 23.9 Å². The quantitative estimate of drug-likeness (QED) is 0.222. The standard InChI is InChI=1S/C18H12N4O8S3/c23-19(24)13-7-1-4-10-16(13)31-22(32-17-11-5-2-8-14(17)20(25)26)33(29,30)18-12-6-3-9-15(18)21(27)28/h1-12H. The van der Waals surface area contributed by atoms with E-state index < -0.39 is 46.8 Å². The third-order valence-corrected chi connectivity index (χ3v) is 8.75. The first kappa shape index (κ1) is 24.1. The number of nitrogens with zero attached hydrogens (tertiary/aromatic N) is 4. The predicted molar refractivity (Wildman–Crippen MR) is 120 cm³/mol. The molecule has 0 heterocycles. The van der Waals surface area contributed by atoms with Crippen molar-refractivity contribution in [2.45, 2.75) is 14.7 Å². The smallest absolute Gasteiger partial charge is 0.258 e. The summed E-state index contributed by atoms with van der Waals surface area (Å²) in [5.74, 6) is 0. The normalized spacial score (nSPS) is 11.3. The summed E-state index contributed by atoms with van der Waals surface area (Å²) in [6.07, 6.45) is 0. The Bertz CT molecular complexity index is 1290. The van der Waals surface area contributed by atoms with Crippen LogP contribution in [0.3, 0.4) is 0 Å². The second-order valence-electron chi connectivity index (χ2n) is 6.06. The molecule has 0 aliphatic carbocycles. The summed E-state index contributed by atoms with van der Waals surface area (Å²) >= 11 is 0.805. The maximum absolute atomic E-state index is 13.5. The van der Waals surface area contributed by atoms with Crippen LogP contribution in [-0.4, -0.2) is 26.3 Å². The van der Waals surface area contributed by atoms with Gasteiger partial charge in [-0.1, -0.05) is 39.5 Å². The fourth-order valence-corrected chi connectivity index (χ4v) is 6.82. The average Bonchev–Trinajstić information content (AvgIpc) is 2.79. The Morgan fingerprint density at radius 1 is 0.606 bits per heavy atom. The number of hydrogen-bond acceptors (Lipinski definition) is 10. The van der Waals surface area contributed by atoms with Gasteiger partial charge in [-0.05, 0) is 42.1 Å². The molecule has 15 heteroatoms. The highest BCUT2D eigenvalue weighted by Gasteiger charge is 2.36. The fraction of sp³-hybridized carbons (Fsp3) is 0. The summed E-state index contributed by atoms with van der Waals surface area (Å²) in [5, 5.41) is 34.2. The van der Waals surface area contributed by atoms with Gasteiger partial charge in [-0.2, -0.15) is 0 Å². The lowest BCUT2D eigenvalue weighted by Crippen LogP contribution is -2.19. The van der Waals surface area contributed by atoms with E-state index in [9.17, 15) is 38.8 Å². The first-order valence-electron chi connectivity index (χ1n) is 8.74. The van der Waals surface area contributed by atoms with Crippen molar-refractivity contribution in [3.63, 3.8) is 0 Å². The summed E-state index contributed by atoms with van der Waals surface area (Å²) in [6.45, 7) is 0. The lowest BCUT2D eigenvalue weighted by atomic mass is 10.3. The van der Waals surface area contributed by atoms with E-state index in [2.05, 4.69) is 0 Å². The van der Waals surface area contributed by atoms with Crippen molar-refractivity contribution in [1.82, 2.24) is 3.12 Å². The molecule has 0 fully saturated rings. The maximum atomic E-state index is 13.5. The third kappa shape index (κ3) is 5.28. The zero-order valence-corrected chi connectivity index (χ0v) is 18.7. The third-order valence-electron chi connectivity index (χ3n) is 4.01. The molecule has 0 N–H and O–H groups in total. The van der Waals surface area contributed by atoms with Gasteiger partial charge in [-0.3, -0.25) is 30.3 Å². The molecule has 0 radical (unpaired) electrons. The monoisotopic (exact) mass is 508 g/mol. The molecule has 0 aromatic heterocycles. The number of hydrogen-bond donors (Lipinski definition) is 0. The first-order chi connectivity index (χ1) is 15.6. The van der Waals surface area contributed by atoms with E-state index in [4.69, 9.17) is 0 Å². The molecule has 0 spiro atoms. The number of nitro benzene ring substituents is 3. The van der Waals surface area contributed by atoms with Gasteiger partial charge in [0.2, 0.25) is 0 Å². The predicted octanol–water partition coefficient (Wildman–Crippen LogP) is 4.82. The van der Waals surface area contributed by atoms with Gasteiger partial charge in [0, 0.05) is 18.2 Å². The highest BCUT2D eigenvalue weighted by molar-refractivity contribution is 8.23. The van der Waals surface area contributed by atoms with E-state index in [1.807, 2.05) is 0 Å². The van der Waals surface area contributed by atoms with Gasteiger partial charge in [0.1, 0.15) is 9.79 Å². The van der Waals surface area contributed by atoms with E-state index in [-0.39, 0.29) is 9.79 Å². The number of rotatable bonds is 9. The van der Waals surface area contributed by atoms with Gasteiger partial charge in [0.25, 0.3) is 27.1 Å². The van der Waals surface area contributed by atoms with Crippen LogP contribution in [0.25, 0.3) is 0 Å². The highest BCUT2D eigenvalue weighted by atomic mass is 32.3. The van der Waals surface area contributed by atoms with Crippen LogP contribution < -0.4 is 0 Å². The number of sulfonamides is 1. The fourth-order valence-electron chi connectivity index (χ4n) is 2.55. The van der Waals surface area contributed by atoms with Crippen LogP contribution in [0.15, 0.2) is 87.5 Å². The van der Waals surface area contributed by atoms with E-state index in [0.717, 1.165) is 24.3 Å². The molecule has 0 unspecified atom stereocenters. The minimum atomic E-state index is -4.69. The topological polar surface area (TPSA) is 167 Å². The molecule has 0 amide bonds.